The van der Waals surface area contributed by atoms with E-state index in [1.165, 1.54) is 0 Å². The number of aromatic nitrogens is 4. The second-order valence-electron chi connectivity index (χ2n) is 5.17. The molecule has 0 saturated carbocycles. The molecule has 0 bridgehead atoms. The van der Waals surface area contributed by atoms with Crippen LogP contribution in [0.15, 0.2) is 42.9 Å². The van der Waals surface area contributed by atoms with E-state index in [2.05, 4.69) is 20.4 Å². The predicted octanol–water partition coefficient (Wildman–Crippen LogP) is 2.55. The van der Waals surface area contributed by atoms with Crippen LogP contribution in [-0.2, 0) is 13.1 Å². The number of rotatable bonds is 5. The lowest BCUT2D eigenvalue weighted by atomic mass is 10.2. The molecule has 2 heterocycles. The summed E-state index contributed by atoms with van der Waals surface area (Å²) in [5.74, 6) is 0.540. The third-order valence-corrected chi connectivity index (χ3v) is 3.63. The van der Waals surface area contributed by atoms with Crippen LogP contribution in [0.1, 0.15) is 27.4 Å². The first-order valence-electron chi connectivity index (χ1n) is 7.17. The van der Waals surface area contributed by atoms with E-state index in [-0.39, 0.29) is 5.91 Å². The zero-order valence-corrected chi connectivity index (χ0v) is 13.3. The van der Waals surface area contributed by atoms with E-state index in [1.54, 1.807) is 23.3 Å². The molecule has 1 aromatic carbocycles. The van der Waals surface area contributed by atoms with E-state index >= 15 is 0 Å². The van der Waals surface area contributed by atoms with Crippen molar-refractivity contribution in [1.82, 2.24) is 25.1 Å². The molecular weight excluding hydrogens is 314 g/mol. The number of amides is 1. The highest BCUT2D eigenvalue weighted by Gasteiger charge is 2.13. The van der Waals surface area contributed by atoms with Crippen molar-refractivity contribution < 1.29 is 4.79 Å². The lowest BCUT2D eigenvalue weighted by molar-refractivity contribution is 0.0949. The molecule has 0 aliphatic rings. The lowest BCUT2D eigenvalue weighted by Gasteiger charge is -2.02. The van der Waals surface area contributed by atoms with E-state index < -0.39 is 0 Å². The number of benzene rings is 1. The number of aromatic amines is 1. The number of hydrogen-bond acceptors (Lipinski definition) is 3. The van der Waals surface area contributed by atoms with Crippen molar-refractivity contribution in [2.45, 2.75) is 20.0 Å². The number of hydrogen-bond donors (Lipinski definition) is 2. The fraction of sp³-hybridized carbons (Fsp3) is 0.188. The maximum Gasteiger partial charge on any atom is 0.255 e. The Morgan fingerprint density at radius 1 is 1.43 bits per heavy atom. The SMILES string of the molecule is Cc1nn(Cc2cccc(Cl)c2)cc1C(=O)NCc1ncc[nH]1. The molecule has 7 heteroatoms. The normalized spacial score (nSPS) is 10.7. The summed E-state index contributed by atoms with van der Waals surface area (Å²) in [4.78, 5) is 19.3. The first-order chi connectivity index (χ1) is 11.1. The van der Waals surface area contributed by atoms with Crippen LogP contribution >= 0.6 is 11.6 Å². The molecule has 0 aliphatic carbocycles. The molecule has 0 radical (unpaired) electrons. The van der Waals surface area contributed by atoms with Gasteiger partial charge in [-0.1, -0.05) is 23.7 Å². The van der Waals surface area contributed by atoms with E-state index in [0.717, 1.165) is 5.56 Å². The van der Waals surface area contributed by atoms with Gasteiger partial charge in [0.15, 0.2) is 0 Å². The summed E-state index contributed by atoms with van der Waals surface area (Å²) in [6.45, 7) is 2.73. The maximum absolute atomic E-state index is 12.3. The molecule has 0 aliphatic heterocycles. The van der Waals surface area contributed by atoms with Crippen LogP contribution in [0.2, 0.25) is 5.02 Å². The Hall–Kier alpha value is -2.60. The Morgan fingerprint density at radius 3 is 3.04 bits per heavy atom. The average molecular weight is 330 g/mol. The van der Waals surface area contributed by atoms with E-state index in [4.69, 9.17) is 11.6 Å². The van der Waals surface area contributed by atoms with Crippen molar-refractivity contribution >= 4 is 17.5 Å². The fourth-order valence-corrected chi connectivity index (χ4v) is 2.51. The Kier molecular flexibility index (Phi) is 4.43. The molecule has 6 nitrogen and oxygen atoms in total. The van der Waals surface area contributed by atoms with Gasteiger partial charge in [-0.3, -0.25) is 9.48 Å². The summed E-state index contributed by atoms with van der Waals surface area (Å²) in [5, 5.41) is 7.90. The molecule has 23 heavy (non-hydrogen) atoms. The fourth-order valence-electron chi connectivity index (χ4n) is 2.30. The monoisotopic (exact) mass is 329 g/mol. The molecule has 1 amide bonds. The van der Waals surface area contributed by atoms with Crippen molar-refractivity contribution in [3.63, 3.8) is 0 Å². The molecule has 0 saturated heterocycles. The Bertz CT molecular complexity index is 810. The van der Waals surface area contributed by atoms with Gasteiger partial charge in [0.05, 0.1) is 24.3 Å². The van der Waals surface area contributed by atoms with Gasteiger partial charge < -0.3 is 10.3 Å². The molecular formula is C16H16ClN5O. The number of imidazole rings is 1. The summed E-state index contributed by atoms with van der Waals surface area (Å²) >= 11 is 5.99. The summed E-state index contributed by atoms with van der Waals surface area (Å²) in [5.41, 5.74) is 2.27. The number of nitrogens with zero attached hydrogens (tertiary/aromatic N) is 3. The Labute approximate surface area is 138 Å². The minimum atomic E-state index is -0.170. The van der Waals surface area contributed by atoms with Crippen LogP contribution in [-0.4, -0.2) is 25.7 Å². The van der Waals surface area contributed by atoms with Gasteiger partial charge in [-0.25, -0.2) is 4.98 Å². The van der Waals surface area contributed by atoms with Gasteiger partial charge in [0.2, 0.25) is 0 Å². The van der Waals surface area contributed by atoms with Crippen molar-refractivity contribution in [3.05, 3.63) is 70.5 Å². The highest BCUT2D eigenvalue weighted by atomic mass is 35.5. The van der Waals surface area contributed by atoms with Gasteiger partial charge in [-0.2, -0.15) is 5.10 Å². The van der Waals surface area contributed by atoms with Crippen LogP contribution in [0.25, 0.3) is 0 Å². The van der Waals surface area contributed by atoms with Crippen molar-refractivity contribution in [2.75, 3.05) is 0 Å². The zero-order chi connectivity index (χ0) is 16.2. The molecule has 0 fully saturated rings. The molecule has 3 aromatic rings. The molecule has 118 valence electrons. The maximum atomic E-state index is 12.3. The van der Waals surface area contributed by atoms with Crippen LogP contribution in [0.5, 0.6) is 0 Å². The van der Waals surface area contributed by atoms with E-state index in [0.29, 0.717) is 35.2 Å². The first kappa shape index (κ1) is 15.3. The van der Waals surface area contributed by atoms with Crippen molar-refractivity contribution in [1.29, 1.82) is 0 Å². The van der Waals surface area contributed by atoms with Gasteiger partial charge in [0.25, 0.3) is 5.91 Å². The van der Waals surface area contributed by atoms with Crippen molar-refractivity contribution in [2.24, 2.45) is 0 Å². The molecule has 2 N–H and O–H groups in total. The smallest absolute Gasteiger partial charge is 0.255 e. The minimum absolute atomic E-state index is 0.170. The van der Waals surface area contributed by atoms with Gasteiger partial charge >= 0.3 is 0 Å². The summed E-state index contributed by atoms with van der Waals surface area (Å²) < 4.78 is 1.74. The standard InChI is InChI=1S/C16H16ClN5O/c1-11-14(16(23)20-8-15-18-5-6-19-15)10-22(21-11)9-12-3-2-4-13(17)7-12/h2-7,10H,8-9H2,1H3,(H,18,19)(H,20,23). The Morgan fingerprint density at radius 2 is 2.30 bits per heavy atom. The molecule has 0 unspecified atom stereocenters. The summed E-state index contributed by atoms with van der Waals surface area (Å²) in [6.07, 6.45) is 5.11. The van der Waals surface area contributed by atoms with Crippen LogP contribution in [0.4, 0.5) is 0 Å². The summed E-state index contributed by atoms with van der Waals surface area (Å²) in [7, 11) is 0. The van der Waals surface area contributed by atoms with E-state index in [9.17, 15) is 4.79 Å². The number of nitrogens with one attached hydrogen (secondary N) is 2. The van der Waals surface area contributed by atoms with Crippen molar-refractivity contribution in [3.8, 4) is 0 Å². The third-order valence-electron chi connectivity index (χ3n) is 3.40. The first-order valence-corrected chi connectivity index (χ1v) is 7.54. The molecule has 3 rings (SSSR count). The zero-order valence-electron chi connectivity index (χ0n) is 12.6. The number of carbonyl (C=O) groups excluding carboxylic acids is 1. The number of aryl methyl sites for hydroxylation is 1. The molecule has 0 atom stereocenters. The van der Waals surface area contributed by atoms with Gasteiger partial charge in [0.1, 0.15) is 5.82 Å². The largest absolute Gasteiger partial charge is 0.347 e. The number of H-pyrrole nitrogens is 1. The summed E-state index contributed by atoms with van der Waals surface area (Å²) in [6, 6.07) is 7.58. The second-order valence-corrected chi connectivity index (χ2v) is 5.61. The van der Waals surface area contributed by atoms with Gasteiger partial charge in [-0.15, -0.1) is 0 Å². The second kappa shape index (κ2) is 6.66. The average Bonchev–Trinajstić information content (AvgIpc) is 3.14. The predicted molar refractivity (Wildman–Crippen MR) is 87.3 cm³/mol. The van der Waals surface area contributed by atoms with Gasteiger partial charge in [-0.05, 0) is 24.6 Å². The van der Waals surface area contributed by atoms with Crippen LogP contribution in [0.3, 0.4) is 0 Å². The highest BCUT2D eigenvalue weighted by molar-refractivity contribution is 6.30. The molecule has 2 aromatic heterocycles. The molecule has 0 spiro atoms. The van der Waals surface area contributed by atoms with Crippen LogP contribution in [0, 0.1) is 6.92 Å². The number of halogens is 1. The van der Waals surface area contributed by atoms with E-state index in [1.807, 2.05) is 31.2 Å². The quantitative estimate of drug-likeness (QED) is 0.755. The lowest BCUT2D eigenvalue weighted by Crippen LogP contribution is -2.23. The topological polar surface area (TPSA) is 75.6 Å². The number of carbonyl (C=O) groups is 1. The highest BCUT2D eigenvalue weighted by Crippen LogP contribution is 2.13. The minimum Gasteiger partial charge on any atom is -0.347 e. The third kappa shape index (κ3) is 3.78. The Balaban J connectivity index is 1.69. The van der Waals surface area contributed by atoms with Crippen LogP contribution < -0.4 is 5.32 Å². The van der Waals surface area contributed by atoms with Gasteiger partial charge in [0, 0.05) is 23.6 Å².